The maximum Gasteiger partial charge on any atom is 0.417 e. The minimum atomic E-state index is -4.73. The third-order valence-corrected chi connectivity index (χ3v) is 7.54. The van der Waals surface area contributed by atoms with Crippen LogP contribution in [0.2, 0.25) is 0 Å². The van der Waals surface area contributed by atoms with E-state index in [-0.39, 0.29) is 16.7 Å². The Bertz CT molecular complexity index is 1120. The van der Waals surface area contributed by atoms with Gasteiger partial charge in [-0.05, 0) is 76.6 Å². The number of amides is 2. The van der Waals surface area contributed by atoms with E-state index in [1.807, 2.05) is 25.7 Å². The van der Waals surface area contributed by atoms with Gasteiger partial charge in [0.15, 0.2) is 5.11 Å². The molecule has 2 fully saturated rings. The van der Waals surface area contributed by atoms with Gasteiger partial charge < -0.3 is 14.7 Å². The van der Waals surface area contributed by atoms with Crippen molar-refractivity contribution < 1.29 is 22.8 Å². The lowest BCUT2D eigenvalue weighted by molar-refractivity contribution is -0.139. The Balaban J connectivity index is 1.61. The van der Waals surface area contributed by atoms with Crippen LogP contribution in [0.3, 0.4) is 0 Å². The zero-order valence-electron chi connectivity index (χ0n) is 22.7. The third-order valence-electron chi connectivity index (χ3n) is 7.13. The summed E-state index contributed by atoms with van der Waals surface area (Å²) in [5.74, 6) is -0.237. The summed E-state index contributed by atoms with van der Waals surface area (Å²) in [4.78, 5) is 33.1. The summed E-state index contributed by atoms with van der Waals surface area (Å²) < 4.78 is 40.5. The van der Waals surface area contributed by atoms with E-state index in [1.54, 1.807) is 24.8 Å². The molecule has 1 aromatic carbocycles. The second kappa shape index (κ2) is 11.2. The maximum atomic E-state index is 13.5. The average molecular weight is 552 g/mol. The number of anilines is 1. The number of hydrogen-bond donors (Lipinski definition) is 0. The van der Waals surface area contributed by atoms with Crippen molar-refractivity contribution in [2.24, 2.45) is 5.41 Å². The highest BCUT2D eigenvalue weighted by Crippen LogP contribution is 2.38. The zero-order valence-corrected chi connectivity index (χ0v) is 23.5. The van der Waals surface area contributed by atoms with Crippen LogP contribution in [-0.2, 0) is 15.8 Å². The molecule has 0 aliphatic carbocycles. The number of thiocarbonyl (C=S) groups is 1. The van der Waals surface area contributed by atoms with Crippen molar-refractivity contribution in [1.29, 1.82) is 5.26 Å². The lowest BCUT2D eigenvalue weighted by Crippen LogP contribution is -2.44. The molecule has 3 rings (SSSR count). The first kappa shape index (κ1) is 29.8. The molecule has 38 heavy (non-hydrogen) atoms. The van der Waals surface area contributed by atoms with Crippen molar-refractivity contribution >= 4 is 34.8 Å². The van der Waals surface area contributed by atoms with Crippen molar-refractivity contribution in [1.82, 2.24) is 14.7 Å². The van der Waals surface area contributed by atoms with Gasteiger partial charge in [-0.15, -0.1) is 0 Å². The van der Waals surface area contributed by atoms with Crippen molar-refractivity contribution in [3.05, 3.63) is 29.3 Å². The molecule has 0 saturated carbocycles. The Hall–Kier alpha value is -2.71. The van der Waals surface area contributed by atoms with Crippen LogP contribution < -0.4 is 4.90 Å². The normalized spacial score (nSPS) is 19.1. The summed E-state index contributed by atoms with van der Waals surface area (Å²) in [7, 11) is 0. The second-order valence-electron chi connectivity index (χ2n) is 11.4. The van der Waals surface area contributed by atoms with Crippen molar-refractivity contribution in [3.8, 4) is 6.07 Å². The van der Waals surface area contributed by atoms with E-state index in [4.69, 9.17) is 17.5 Å². The molecule has 11 heteroatoms. The molecule has 0 N–H and O–H groups in total. The molecule has 0 bridgehead atoms. The highest BCUT2D eigenvalue weighted by Gasteiger charge is 2.49. The van der Waals surface area contributed by atoms with Crippen molar-refractivity contribution in [2.75, 3.05) is 44.2 Å². The number of alkyl halides is 3. The van der Waals surface area contributed by atoms with E-state index in [1.165, 1.54) is 6.07 Å². The first-order valence-corrected chi connectivity index (χ1v) is 13.3. The van der Waals surface area contributed by atoms with Crippen LogP contribution in [-0.4, -0.2) is 76.4 Å². The van der Waals surface area contributed by atoms with Crippen LogP contribution in [0.15, 0.2) is 18.2 Å². The second-order valence-corrected chi connectivity index (χ2v) is 11.8. The molecule has 0 atom stereocenters. The molecular formula is C27H36F3N5O2S. The van der Waals surface area contributed by atoms with Gasteiger partial charge in [-0.1, -0.05) is 20.8 Å². The van der Waals surface area contributed by atoms with Gasteiger partial charge in [0.2, 0.25) is 5.91 Å². The van der Waals surface area contributed by atoms with Gasteiger partial charge in [0.1, 0.15) is 5.54 Å². The Morgan fingerprint density at radius 2 is 1.74 bits per heavy atom. The van der Waals surface area contributed by atoms with Crippen molar-refractivity contribution in [3.63, 3.8) is 0 Å². The first-order chi connectivity index (χ1) is 17.6. The molecule has 0 unspecified atom stereocenters. The number of carbonyl (C=O) groups excluding carboxylic acids is 2. The van der Waals surface area contributed by atoms with Gasteiger partial charge in [0.25, 0.3) is 5.91 Å². The average Bonchev–Trinajstić information content (AvgIpc) is 2.98. The highest BCUT2D eigenvalue weighted by atomic mass is 32.1. The number of nitrogens with zero attached hydrogens (tertiary/aromatic N) is 5. The van der Waals surface area contributed by atoms with Crippen LogP contribution in [0, 0.1) is 16.7 Å². The van der Waals surface area contributed by atoms with Gasteiger partial charge >= 0.3 is 6.18 Å². The molecule has 2 saturated heterocycles. The van der Waals surface area contributed by atoms with Crippen molar-refractivity contribution in [2.45, 2.75) is 65.6 Å². The Kier molecular flexibility index (Phi) is 8.78. The number of halogens is 3. The summed E-state index contributed by atoms with van der Waals surface area (Å²) in [5.41, 5.74) is -3.01. The zero-order chi connectivity index (χ0) is 28.5. The van der Waals surface area contributed by atoms with Crippen LogP contribution in [0.5, 0.6) is 0 Å². The Morgan fingerprint density at radius 1 is 1.08 bits per heavy atom. The highest BCUT2D eigenvalue weighted by molar-refractivity contribution is 7.80. The van der Waals surface area contributed by atoms with Gasteiger partial charge in [-0.25, -0.2) is 0 Å². The Morgan fingerprint density at radius 3 is 2.34 bits per heavy atom. The minimum absolute atomic E-state index is 0.000764. The fourth-order valence-corrected chi connectivity index (χ4v) is 5.43. The van der Waals surface area contributed by atoms with Crippen LogP contribution in [0.4, 0.5) is 18.9 Å². The quantitative estimate of drug-likeness (QED) is 0.379. The molecule has 2 aliphatic rings. The third kappa shape index (κ3) is 6.29. The molecule has 7 nitrogen and oxygen atoms in total. The molecule has 2 amide bonds. The lowest BCUT2D eigenvalue weighted by atomic mass is 9.94. The van der Waals surface area contributed by atoms with Crippen LogP contribution in [0.25, 0.3) is 0 Å². The van der Waals surface area contributed by atoms with E-state index in [2.05, 4.69) is 4.90 Å². The fourth-order valence-electron chi connectivity index (χ4n) is 4.92. The van der Waals surface area contributed by atoms with E-state index in [0.29, 0.717) is 13.1 Å². The fraction of sp³-hybridized carbons (Fsp3) is 0.630. The van der Waals surface area contributed by atoms with E-state index >= 15 is 0 Å². The molecule has 208 valence electrons. The predicted molar refractivity (Wildman–Crippen MR) is 143 cm³/mol. The van der Waals surface area contributed by atoms with Crippen LogP contribution >= 0.6 is 12.2 Å². The molecule has 2 aliphatic heterocycles. The summed E-state index contributed by atoms with van der Waals surface area (Å²) in [5, 5.41) is 9.24. The largest absolute Gasteiger partial charge is 0.417 e. The predicted octanol–water partition coefficient (Wildman–Crippen LogP) is 4.65. The van der Waals surface area contributed by atoms with E-state index in [0.717, 1.165) is 62.5 Å². The number of hydrogen-bond acceptors (Lipinski definition) is 5. The SMILES string of the molecule is CC(C)(C)C(=O)N1CCCN(CCCCN2C(=S)N(c3ccc(C#N)c(C(F)(F)F)c3)C(=O)C2(C)C)CC1. The Labute approximate surface area is 228 Å². The molecule has 0 aromatic heterocycles. The summed E-state index contributed by atoms with van der Waals surface area (Å²) in [6, 6.07) is 4.77. The topological polar surface area (TPSA) is 70.9 Å². The molecular weight excluding hydrogens is 515 g/mol. The van der Waals surface area contributed by atoms with Gasteiger partial charge in [-0.2, -0.15) is 18.4 Å². The minimum Gasteiger partial charge on any atom is -0.341 e. The molecule has 0 radical (unpaired) electrons. The van der Waals surface area contributed by atoms with Gasteiger partial charge in [0.05, 0.1) is 22.9 Å². The first-order valence-electron chi connectivity index (χ1n) is 12.9. The van der Waals surface area contributed by atoms with E-state index < -0.39 is 34.2 Å². The maximum absolute atomic E-state index is 13.5. The molecule has 2 heterocycles. The molecule has 1 aromatic rings. The number of unbranched alkanes of at least 4 members (excludes halogenated alkanes) is 1. The summed E-state index contributed by atoms with van der Waals surface area (Å²) in [6.45, 7) is 13.7. The number of rotatable bonds is 6. The van der Waals surface area contributed by atoms with E-state index in [9.17, 15) is 22.8 Å². The summed E-state index contributed by atoms with van der Waals surface area (Å²) in [6.07, 6.45) is -2.22. The van der Waals surface area contributed by atoms with Gasteiger partial charge in [-0.3, -0.25) is 14.5 Å². The van der Waals surface area contributed by atoms with Gasteiger partial charge in [0, 0.05) is 31.6 Å². The number of nitriles is 1. The van der Waals surface area contributed by atoms with Crippen LogP contribution in [0.1, 0.15) is 65.0 Å². The number of benzene rings is 1. The smallest absolute Gasteiger partial charge is 0.341 e. The standard InChI is InChI=1S/C27H36F3N5O2S/c1-25(2,3)22(36)33-13-8-12-32(15-16-33)11-6-7-14-34-24(38)35(23(37)26(34,4)5)20-10-9-19(18-31)21(17-20)27(28,29)30/h9-10,17H,6-8,11-16H2,1-5H3. The summed E-state index contributed by atoms with van der Waals surface area (Å²) >= 11 is 5.56. The number of carbonyl (C=O) groups is 2. The monoisotopic (exact) mass is 551 g/mol. The molecule has 0 spiro atoms. The lowest BCUT2D eigenvalue weighted by Gasteiger charge is -2.30.